The lowest BCUT2D eigenvalue weighted by Gasteiger charge is -2.26. The number of nitrogens with zero attached hydrogens (tertiary/aromatic N) is 1. The summed E-state index contributed by atoms with van der Waals surface area (Å²) in [4.78, 5) is 11.8. The number of hydrogen-bond donors (Lipinski definition) is 1. The smallest absolute Gasteiger partial charge is 0.433 e. The van der Waals surface area contributed by atoms with Gasteiger partial charge in [-0.3, -0.25) is 4.79 Å². The number of hydrogen-bond acceptors (Lipinski definition) is 4. The zero-order chi connectivity index (χ0) is 20.6. The first-order valence-corrected chi connectivity index (χ1v) is 9.63. The highest BCUT2D eigenvalue weighted by molar-refractivity contribution is 8.01. The lowest BCUT2D eigenvalue weighted by Crippen LogP contribution is -2.43. The third kappa shape index (κ3) is 6.07. The van der Waals surface area contributed by atoms with Crippen molar-refractivity contribution in [3.63, 3.8) is 0 Å². The van der Waals surface area contributed by atoms with Crippen LogP contribution in [-0.4, -0.2) is 51.3 Å². The van der Waals surface area contributed by atoms with E-state index in [1.165, 1.54) is 6.92 Å². The summed E-state index contributed by atoms with van der Waals surface area (Å²) in [5.74, 6) is -3.68. The highest BCUT2D eigenvalue weighted by Crippen LogP contribution is 2.33. The van der Waals surface area contributed by atoms with Crippen molar-refractivity contribution in [2.45, 2.75) is 29.7 Å². The summed E-state index contributed by atoms with van der Waals surface area (Å²) in [6.45, 7) is -0.295. The second kappa shape index (κ2) is 7.95. The van der Waals surface area contributed by atoms with Crippen LogP contribution in [0, 0.1) is 12.7 Å². The molecule has 1 saturated heterocycles. The molecule has 1 unspecified atom stereocenters. The van der Waals surface area contributed by atoms with Gasteiger partial charge in [0, 0.05) is 11.6 Å². The molecule has 0 aliphatic carbocycles. The minimum atomic E-state index is -4.71. The molecule has 0 aromatic heterocycles. The van der Waals surface area contributed by atoms with E-state index < -0.39 is 58.7 Å². The Balaban J connectivity index is 2.25. The molecule has 27 heavy (non-hydrogen) atoms. The summed E-state index contributed by atoms with van der Waals surface area (Å²) in [6, 6.07) is 1.70. The van der Waals surface area contributed by atoms with Crippen LogP contribution in [-0.2, 0) is 16.0 Å². The Hall–Kier alpha value is -1.34. The van der Waals surface area contributed by atoms with E-state index in [0.717, 1.165) is 23.9 Å². The molecule has 13 heteroatoms. The number of rotatable bonds is 5. The van der Waals surface area contributed by atoms with Gasteiger partial charge in [0.2, 0.25) is 11.7 Å². The number of amides is 1. The van der Waals surface area contributed by atoms with Crippen LogP contribution >= 0.6 is 11.8 Å². The van der Waals surface area contributed by atoms with Crippen molar-refractivity contribution in [1.29, 1.82) is 0 Å². The first kappa shape index (κ1) is 22.0. The molecular weight excluding hydrogens is 425 g/mol. The SMILES string of the molecule is Cc1cc(F)c(NC2SCC(=O)N2CC(F)(F)F)cc1[S@+]([O-])CC(F)(F)F. The fourth-order valence-corrected chi connectivity index (χ4v) is 4.47. The molecule has 1 aromatic rings. The monoisotopic (exact) mass is 438 g/mol. The molecule has 2 rings (SSSR count). The summed E-state index contributed by atoms with van der Waals surface area (Å²) in [5.41, 5.74) is -1.70. The predicted octanol–water partition coefficient (Wildman–Crippen LogP) is 3.64. The van der Waals surface area contributed by atoms with Gasteiger partial charge in [-0.1, -0.05) is 0 Å². The van der Waals surface area contributed by atoms with Crippen LogP contribution in [0.25, 0.3) is 0 Å². The van der Waals surface area contributed by atoms with Crippen LogP contribution in [0.2, 0.25) is 0 Å². The average Bonchev–Trinajstić information content (AvgIpc) is 2.79. The molecule has 0 bridgehead atoms. The maximum Gasteiger partial charge on any atom is 0.433 e. The fourth-order valence-electron chi connectivity index (χ4n) is 2.31. The molecule has 152 valence electrons. The van der Waals surface area contributed by atoms with Gasteiger partial charge in [-0.05, 0) is 24.2 Å². The molecular formula is C14H13F7N2O2S2. The fraction of sp³-hybridized carbons (Fsp3) is 0.500. The van der Waals surface area contributed by atoms with Gasteiger partial charge in [0.05, 0.1) is 11.4 Å². The topological polar surface area (TPSA) is 55.4 Å². The molecule has 1 fully saturated rings. The summed E-state index contributed by atoms with van der Waals surface area (Å²) in [5, 5.41) is 2.37. The van der Waals surface area contributed by atoms with Gasteiger partial charge in [0.1, 0.15) is 12.4 Å². The van der Waals surface area contributed by atoms with E-state index >= 15 is 0 Å². The summed E-state index contributed by atoms with van der Waals surface area (Å²) < 4.78 is 101. The van der Waals surface area contributed by atoms with Crippen molar-refractivity contribution in [3.05, 3.63) is 23.5 Å². The van der Waals surface area contributed by atoms with Gasteiger partial charge in [-0.25, -0.2) is 4.39 Å². The normalized spacial score (nSPS) is 19.5. The molecule has 2 atom stereocenters. The van der Waals surface area contributed by atoms with Crippen molar-refractivity contribution in [3.8, 4) is 0 Å². The van der Waals surface area contributed by atoms with Gasteiger partial charge < -0.3 is 14.8 Å². The Morgan fingerprint density at radius 3 is 2.44 bits per heavy atom. The highest BCUT2D eigenvalue weighted by atomic mass is 32.2. The lowest BCUT2D eigenvalue weighted by atomic mass is 10.2. The van der Waals surface area contributed by atoms with Gasteiger partial charge >= 0.3 is 12.4 Å². The van der Waals surface area contributed by atoms with Crippen LogP contribution in [0.1, 0.15) is 5.56 Å². The molecule has 1 aromatic carbocycles. The van der Waals surface area contributed by atoms with E-state index in [0.29, 0.717) is 4.90 Å². The quantitative estimate of drug-likeness (QED) is 0.564. The Morgan fingerprint density at radius 1 is 1.26 bits per heavy atom. The Labute approximate surface area is 156 Å². The first-order chi connectivity index (χ1) is 12.3. The van der Waals surface area contributed by atoms with Crippen LogP contribution in [0.5, 0.6) is 0 Å². The minimum Gasteiger partial charge on any atom is -0.611 e. The highest BCUT2D eigenvalue weighted by Gasteiger charge is 2.41. The molecule has 1 aliphatic rings. The van der Waals surface area contributed by atoms with Crippen molar-refractivity contribution in [2.24, 2.45) is 0 Å². The van der Waals surface area contributed by atoms with E-state index in [9.17, 15) is 40.1 Å². The number of alkyl halides is 6. The van der Waals surface area contributed by atoms with Gasteiger partial charge in [0.15, 0.2) is 10.4 Å². The molecule has 1 amide bonds. The number of halogens is 7. The van der Waals surface area contributed by atoms with Crippen LogP contribution in [0.15, 0.2) is 17.0 Å². The summed E-state index contributed by atoms with van der Waals surface area (Å²) in [6.07, 6.45) is -9.39. The van der Waals surface area contributed by atoms with Crippen LogP contribution in [0.4, 0.5) is 36.4 Å². The largest absolute Gasteiger partial charge is 0.611 e. The molecule has 1 N–H and O–H groups in total. The van der Waals surface area contributed by atoms with E-state index in [1.807, 2.05) is 0 Å². The zero-order valence-corrected chi connectivity index (χ0v) is 15.2. The molecule has 0 saturated carbocycles. The van der Waals surface area contributed by atoms with Gasteiger partial charge in [0.25, 0.3) is 0 Å². The summed E-state index contributed by atoms with van der Waals surface area (Å²) >= 11 is -1.74. The average molecular weight is 438 g/mol. The van der Waals surface area contributed by atoms with E-state index in [2.05, 4.69) is 5.32 Å². The molecule has 1 heterocycles. The third-order valence-corrected chi connectivity index (χ3v) is 6.02. The van der Waals surface area contributed by atoms with Gasteiger partial charge in [-0.2, -0.15) is 26.3 Å². The maximum absolute atomic E-state index is 14.1. The minimum absolute atomic E-state index is 0.00272. The van der Waals surface area contributed by atoms with Crippen LogP contribution in [0.3, 0.4) is 0 Å². The number of nitrogens with one attached hydrogen (secondary N) is 1. The second-order valence-electron chi connectivity index (χ2n) is 5.65. The van der Waals surface area contributed by atoms with Crippen molar-refractivity contribution in [2.75, 3.05) is 23.4 Å². The molecule has 0 spiro atoms. The van der Waals surface area contributed by atoms with E-state index in [1.54, 1.807) is 0 Å². The van der Waals surface area contributed by atoms with E-state index in [-0.39, 0.29) is 16.2 Å². The standard InChI is InChI=1S/C14H13F7N2O2S2/c1-7-2-8(15)9(3-10(7)27(25)6-14(19,20)21)22-12-23(5-13(16,17)18)11(24)4-26-12/h2-3,12,22H,4-6H2,1H3/t12?,27-/m1/s1. The van der Waals surface area contributed by atoms with Crippen molar-refractivity contribution in [1.82, 2.24) is 4.90 Å². The number of thioether (sulfide) groups is 1. The second-order valence-corrected chi connectivity index (χ2v) is 8.14. The zero-order valence-electron chi connectivity index (χ0n) is 13.6. The molecule has 0 radical (unpaired) electrons. The maximum atomic E-state index is 14.1. The number of aryl methyl sites for hydroxylation is 1. The van der Waals surface area contributed by atoms with E-state index in [4.69, 9.17) is 0 Å². The Morgan fingerprint density at radius 2 is 1.89 bits per heavy atom. The molecule has 4 nitrogen and oxygen atoms in total. The third-order valence-electron chi connectivity index (χ3n) is 3.40. The van der Waals surface area contributed by atoms with Crippen molar-refractivity contribution >= 4 is 34.5 Å². The Bertz CT molecular complexity index is 712. The number of carbonyl (C=O) groups excluding carboxylic acids is 1. The molecule has 1 aliphatic heterocycles. The number of anilines is 1. The van der Waals surface area contributed by atoms with Crippen molar-refractivity contribution < 1.29 is 40.1 Å². The first-order valence-electron chi connectivity index (χ1n) is 7.26. The van der Waals surface area contributed by atoms with Crippen LogP contribution < -0.4 is 5.32 Å². The summed E-state index contributed by atoms with van der Waals surface area (Å²) in [7, 11) is 0. The number of carbonyl (C=O) groups is 1. The predicted molar refractivity (Wildman–Crippen MR) is 86.1 cm³/mol. The Kier molecular flexibility index (Phi) is 6.47. The van der Waals surface area contributed by atoms with Gasteiger partial charge in [-0.15, -0.1) is 11.8 Å². The lowest BCUT2D eigenvalue weighted by molar-refractivity contribution is -0.159. The number of benzene rings is 1.